The van der Waals surface area contributed by atoms with Crippen LogP contribution in [-0.4, -0.2) is 76.7 Å². The molecule has 2 saturated heterocycles. The number of nitrogens with zero attached hydrogens (tertiary/aromatic N) is 5. The van der Waals surface area contributed by atoms with E-state index in [1.165, 1.54) is 23.9 Å². The Morgan fingerprint density at radius 3 is 2.58 bits per heavy atom. The van der Waals surface area contributed by atoms with Gasteiger partial charge in [0.05, 0.1) is 10.2 Å². The van der Waals surface area contributed by atoms with Gasteiger partial charge in [-0.15, -0.1) is 11.8 Å². The molecule has 2 aliphatic rings. The number of likely N-dealkylation sites (tertiary alicyclic amines) is 1. The average molecular weight is 470 g/mol. The average Bonchev–Trinajstić information content (AvgIpc) is 2.85. The van der Waals surface area contributed by atoms with Crippen molar-refractivity contribution in [2.24, 2.45) is 5.92 Å². The van der Waals surface area contributed by atoms with Crippen molar-refractivity contribution in [3.63, 3.8) is 0 Å². The summed E-state index contributed by atoms with van der Waals surface area (Å²) in [7, 11) is 0. The van der Waals surface area contributed by atoms with Crippen LogP contribution in [0.15, 0.2) is 53.6 Å². The van der Waals surface area contributed by atoms with Crippen LogP contribution in [0.5, 0.6) is 0 Å². The molecule has 2 aliphatic heterocycles. The molecule has 0 saturated carbocycles. The van der Waals surface area contributed by atoms with E-state index in [0.29, 0.717) is 5.92 Å². The first-order valence-corrected chi connectivity index (χ1v) is 12.5. The first kappa shape index (κ1) is 23.5. The van der Waals surface area contributed by atoms with Gasteiger partial charge in [-0.3, -0.25) is 19.8 Å². The van der Waals surface area contributed by atoms with Gasteiger partial charge in [0.15, 0.2) is 0 Å². The van der Waals surface area contributed by atoms with Gasteiger partial charge in [0, 0.05) is 69.0 Å². The first-order chi connectivity index (χ1) is 16.0. The Labute approximate surface area is 199 Å². The lowest BCUT2D eigenvalue weighted by atomic mass is 9.97. The van der Waals surface area contributed by atoms with Crippen LogP contribution < -0.4 is 4.90 Å². The quantitative estimate of drug-likeness (QED) is 0.348. The Kier molecular flexibility index (Phi) is 7.82. The zero-order valence-corrected chi connectivity index (χ0v) is 19.8. The van der Waals surface area contributed by atoms with Crippen molar-refractivity contribution in [2.45, 2.75) is 29.9 Å². The van der Waals surface area contributed by atoms with E-state index in [2.05, 4.69) is 20.9 Å². The van der Waals surface area contributed by atoms with E-state index in [-0.39, 0.29) is 16.8 Å². The van der Waals surface area contributed by atoms with Gasteiger partial charge in [-0.25, -0.2) is 4.98 Å². The number of carbonyl (C=O) groups excluding carboxylic acids is 1. The number of nitro benzene ring substituents is 1. The Bertz CT molecular complexity index is 935. The van der Waals surface area contributed by atoms with Crippen LogP contribution in [0.2, 0.25) is 0 Å². The summed E-state index contributed by atoms with van der Waals surface area (Å²) in [6.07, 6.45) is 4.05. The fourth-order valence-corrected chi connectivity index (χ4v) is 5.59. The predicted molar refractivity (Wildman–Crippen MR) is 131 cm³/mol. The van der Waals surface area contributed by atoms with Gasteiger partial charge in [0.25, 0.3) is 5.69 Å². The predicted octanol–water partition coefficient (Wildman–Crippen LogP) is 3.53. The topological polar surface area (TPSA) is 82.8 Å². The number of amides is 1. The largest absolute Gasteiger partial charge is 0.354 e. The second-order valence-electron chi connectivity index (χ2n) is 8.78. The van der Waals surface area contributed by atoms with Crippen molar-refractivity contribution in [3.05, 3.63) is 58.8 Å². The standard InChI is InChI=1S/C24H31N5O3S/c1-19(33-22-9-7-21(8-10-22)29(31)32)24(30)28-12-4-5-20(18-28)17-26-13-15-27(16-14-26)23-6-2-3-11-25-23/h2-3,6-11,19-20H,4-5,12-18H2,1H3/t19-,20-/m0/s1. The minimum absolute atomic E-state index is 0.0677. The lowest BCUT2D eigenvalue weighted by Crippen LogP contribution is -2.51. The van der Waals surface area contributed by atoms with E-state index in [1.54, 1.807) is 12.1 Å². The Morgan fingerprint density at radius 1 is 1.15 bits per heavy atom. The molecular weight excluding hydrogens is 438 g/mol. The number of benzene rings is 1. The Balaban J connectivity index is 1.25. The molecule has 176 valence electrons. The van der Waals surface area contributed by atoms with Crippen molar-refractivity contribution in [3.8, 4) is 0 Å². The number of anilines is 1. The summed E-state index contributed by atoms with van der Waals surface area (Å²) < 4.78 is 0. The highest BCUT2D eigenvalue weighted by atomic mass is 32.2. The lowest BCUT2D eigenvalue weighted by molar-refractivity contribution is -0.384. The second kappa shape index (κ2) is 11.0. The molecular formula is C24H31N5O3S. The number of aromatic nitrogens is 1. The normalized spacial score (nSPS) is 20.5. The number of thioether (sulfide) groups is 1. The molecule has 2 fully saturated rings. The summed E-state index contributed by atoms with van der Waals surface area (Å²) in [6, 6.07) is 12.5. The van der Waals surface area contributed by atoms with Crippen molar-refractivity contribution in [1.82, 2.24) is 14.8 Å². The summed E-state index contributed by atoms with van der Waals surface area (Å²) in [5.74, 6) is 1.70. The second-order valence-corrected chi connectivity index (χ2v) is 10.2. The van der Waals surface area contributed by atoms with Gasteiger partial charge in [0.1, 0.15) is 5.82 Å². The molecule has 0 bridgehead atoms. The van der Waals surface area contributed by atoms with Crippen molar-refractivity contribution in [2.75, 3.05) is 50.7 Å². The molecule has 4 rings (SSSR count). The monoisotopic (exact) mass is 469 g/mol. The number of rotatable bonds is 7. The molecule has 1 aromatic heterocycles. The maximum atomic E-state index is 13.1. The molecule has 0 radical (unpaired) electrons. The van der Waals surface area contributed by atoms with Crippen molar-refractivity contribution >= 4 is 29.2 Å². The number of nitro groups is 1. The minimum Gasteiger partial charge on any atom is -0.354 e. The molecule has 0 N–H and O–H groups in total. The maximum Gasteiger partial charge on any atom is 0.269 e. The zero-order chi connectivity index (χ0) is 23.2. The van der Waals surface area contributed by atoms with E-state index in [0.717, 1.165) is 69.4 Å². The molecule has 2 atom stereocenters. The minimum atomic E-state index is -0.407. The molecule has 33 heavy (non-hydrogen) atoms. The Morgan fingerprint density at radius 2 is 1.91 bits per heavy atom. The number of hydrogen-bond acceptors (Lipinski definition) is 7. The van der Waals surface area contributed by atoms with E-state index in [9.17, 15) is 14.9 Å². The fraction of sp³-hybridized carbons (Fsp3) is 0.500. The molecule has 8 nitrogen and oxygen atoms in total. The number of piperazine rings is 1. The van der Waals surface area contributed by atoms with Crippen molar-refractivity contribution in [1.29, 1.82) is 0 Å². The van der Waals surface area contributed by atoms with E-state index >= 15 is 0 Å². The van der Waals surface area contributed by atoms with Crippen molar-refractivity contribution < 1.29 is 9.72 Å². The zero-order valence-electron chi connectivity index (χ0n) is 19.0. The molecule has 1 aromatic carbocycles. The number of pyridine rings is 1. The number of piperidine rings is 1. The lowest BCUT2D eigenvalue weighted by Gasteiger charge is -2.40. The number of non-ortho nitro benzene ring substituents is 1. The summed E-state index contributed by atoms with van der Waals surface area (Å²) in [6.45, 7) is 8.59. The van der Waals surface area contributed by atoms with E-state index in [4.69, 9.17) is 0 Å². The van der Waals surface area contributed by atoms with Gasteiger partial charge in [-0.2, -0.15) is 0 Å². The van der Waals surface area contributed by atoms with Crippen LogP contribution in [0.4, 0.5) is 11.5 Å². The molecule has 0 unspecified atom stereocenters. The number of hydrogen-bond donors (Lipinski definition) is 0. The highest BCUT2D eigenvalue weighted by Gasteiger charge is 2.29. The fourth-order valence-electron chi connectivity index (χ4n) is 4.64. The highest BCUT2D eigenvalue weighted by molar-refractivity contribution is 8.00. The van der Waals surface area contributed by atoms with Crippen LogP contribution >= 0.6 is 11.8 Å². The number of carbonyl (C=O) groups is 1. The van der Waals surface area contributed by atoms with Gasteiger partial charge >= 0.3 is 0 Å². The third kappa shape index (κ3) is 6.23. The highest BCUT2D eigenvalue weighted by Crippen LogP contribution is 2.28. The first-order valence-electron chi connectivity index (χ1n) is 11.6. The third-order valence-electron chi connectivity index (χ3n) is 6.40. The Hall–Kier alpha value is -2.65. The van der Waals surface area contributed by atoms with Crippen LogP contribution in [0.1, 0.15) is 19.8 Å². The molecule has 2 aromatic rings. The van der Waals surface area contributed by atoms with E-state index in [1.807, 2.05) is 30.2 Å². The van der Waals surface area contributed by atoms with Gasteiger partial charge < -0.3 is 9.80 Å². The molecule has 9 heteroatoms. The van der Waals surface area contributed by atoms with Gasteiger partial charge in [-0.1, -0.05) is 6.07 Å². The maximum absolute atomic E-state index is 13.1. The molecule has 3 heterocycles. The van der Waals surface area contributed by atoms with Crippen LogP contribution in [0, 0.1) is 16.0 Å². The summed E-state index contributed by atoms with van der Waals surface area (Å²) in [5.41, 5.74) is 0.0677. The van der Waals surface area contributed by atoms with E-state index < -0.39 is 4.92 Å². The molecule has 0 spiro atoms. The van der Waals surface area contributed by atoms with Crippen LogP contribution in [-0.2, 0) is 4.79 Å². The van der Waals surface area contributed by atoms with Gasteiger partial charge in [0.2, 0.25) is 5.91 Å². The molecule has 0 aliphatic carbocycles. The van der Waals surface area contributed by atoms with Crippen LogP contribution in [0.3, 0.4) is 0 Å². The SMILES string of the molecule is C[C@H](Sc1ccc([N+](=O)[O-])cc1)C(=O)N1CCC[C@@H](CN2CCN(c3ccccn3)CC2)C1. The summed E-state index contributed by atoms with van der Waals surface area (Å²) in [4.78, 5) is 35.7. The summed E-state index contributed by atoms with van der Waals surface area (Å²) in [5, 5.41) is 10.6. The summed E-state index contributed by atoms with van der Waals surface area (Å²) >= 11 is 1.47. The third-order valence-corrected chi connectivity index (χ3v) is 7.50. The molecule has 1 amide bonds. The van der Waals surface area contributed by atoms with Gasteiger partial charge in [-0.05, 0) is 49.9 Å². The smallest absolute Gasteiger partial charge is 0.269 e. The van der Waals surface area contributed by atoms with Crippen LogP contribution in [0.25, 0.3) is 0 Å².